The van der Waals surface area contributed by atoms with Crippen molar-refractivity contribution in [2.45, 2.75) is 53.6 Å². The number of hydrogen-bond acceptors (Lipinski definition) is 4. The molecule has 0 bridgehead atoms. The molecule has 0 unspecified atom stereocenters. The zero-order valence-corrected chi connectivity index (χ0v) is 17.8. The topological polar surface area (TPSA) is 80.3 Å². The average Bonchev–Trinajstić information content (AvgIpc) is 3.10. The van der Waals surface area contributed by atoms with Crippen molar-refractivity contribution in [1.82, 2.24) is 25.2 Å². The Balaban J connectivity index is 0.00000312. The zero-order valence-electron chi connectivity index (χ0n) is 15.5. The Morgan fingerprint density at radius 2 is 2.04 bits per heavy atom. The molecule has 2 rings (SSSR count). The Morgan fingerprint density at radius 1 is 1.24 bits per heavy atom. The fraction of sp³-hybridized carbons (Fsp3) is 0.588. The van der Waals surface area contributed by atoms with Crippen LogP contribution < -0.4 is 10.6 Å². The number of halogens is 1. The molecule has 0 fully saturated rings. The van der Waals surface area contributed by atoms with Gasteiger partial charge in [-0.3, -0.25) is 0 Å². The summed E-state index contributed by atoms with van der Waals surface area (Å²) in [5.74, 6) is 3.37. The van der Waals surface area contributed by atoms with Crippen molar-refractivity contribution < 1.29 is 4.42 Å². The number of nitrogens with zero attached hydrogens (tertiary/aromatic N) is 4. The number of unbranched alkanes of at least 4 members (excludes halogenated alkanes) is 1. The SMILES string of the molecule is CCNC(=NCc1nc(C)c(C)o1)NCCCCn1ccnc1C.I. The molecule has 0 aliphatic rings. The van der Waals surface area contributed by atoms with Gasteiger partial charge in [-0.05, 0) is 40.5 Å². The lowest BCUT2D eigenvalue weighted by molar-refractivity contribution is 0.472. The van der Waals surface area contributed by atoms with E-state index in [2.05, 4.69) is 37.1 Å². The summed E-state index contributed by atoms with van der Waals surface area (Å²) < 4.78 is 7.73. The van der Waals surface area contributed by atoms with E-state index in [9.17, 15) is 0 Å². The minimum Gasteiger partial charge on any atom is -0.444 e. The van der Waals surface area contributed by atoms with Gasteiger partial charge < -0.3 is 19.6 Å². The third-order valence-electron chi connectivity index (χ3n) is 3.83. The lowest BCUT2D eigenvalue weighted by atomic mass is 10.3. The minimum absolute atomic E-state index is 0. The molecule has 8 heteroatoms. The molecular formula is C17H29IN6O. The van der Waals surface area contributed by atoms with Crippen molar-refractivity contribution in [3.05, 3.63) is 35.6 Å². The van der Waals surface area contributed by atoms with Crippen LogP contribution in [-0.2, 0) is 13.1 Å². The third kappa shape index (κ3) is 7.05. The van der Waals surface area contributed by atoms with Gasteiger partial charge in [0.05, 0.1) is 5.69 Å². The van der Waals surface area contributed by atoms with Crippen molar-refractivity contribution in [3.8, 4) is 0 Å². The van der Waals surface area contributed by atoms with E-state index < -0.39 is 0 Å². The van der Waals surface area contributed by atoms with Crippen molar-refractivity contribution in [2.24, 2.45) is 4.99 Å². The van der Waals surface area contributed by atoms with E-state index in [0.717, 1.165) is 55.7 Å². The quantitative estimate of drug-likeness (QED) is 0.274. The first-order chi connectivity index (χ1) is 11.6. The van der Waals surface area contributed by atoms with Crippen LogP contribution >= 0.6 is 24.0 Å². The summed E-state index contributed by atoms with van der Waals surface area (Å²) in [5, 5.41) is 6.59. The molecule has 2 N–H and O–H groups in total. The van der Waals surface area contributed by atoms with Crippen molar-refractivity contribution in [2.75, 3.05) is 13.1 Å². The second-order valence-corrected chi connectivity index (χ2v) is 5.75. The van der Waals surface area contributed by atoms with Crippen LogP contribution in [0.3, 0.4) is 0 Å². The van der Waals surface area contributed by atoms with Crippen LogP contribution in [-0.4, -0.2) is 33.6 Å². The number of aryl methyl sites for hydroxylation is 4. The molecular weight excluding hydrogens is 431 g/mol. The Morgan fingerprint density at radius 3 is 2.64 bits per heavy atom. The fourth-order valence-electron chi connectivity index (χ4n) is 2.35. The second-order valence-electron chi connectivity index (χ2n) is 5.75. The van der Waals surface area contributed by atoms with E-state index in [0.29, 0.717) is 12.4 Å². The standard InChI is InChI=1S/C17H28N6O.HI/c1-5-18-17(21-12-16-22-13(2)14(3)24-16)20-8-6-7-10-23-11-9-19-15(23)4;/h9,11H,5-8,10,12H2,1-4H3,(H2,18,20,21);1H. The molecule has 0 aliphatic heterocycles. The van der Waals surface area contributed by atoms with E-state index in [1.807, 2.05) is 33.2 Å². The molecule has 2 aromatic heterocycles. The van der Waals surface area contributed by atoms with Gasteiger partial charge in [0.25, 0.3) is 0 Å². The molecule has 0 saturated carbocycles. The highest BCUT2D eigenvalue weighted by molar-refractivity contribution is 14.0. The molecule has 2 aromatic rings. The third-order valence-corrected chi connectivity index (χ3v) is 3.83. The van der Waals surface area contributed by atoms with Gasteiger partial charge in [-0.15, -0.1) is 24.0 Å². The predicted molar refractivity (Wildman–Crippen MR) is 110 cm³/mol. The molecule has 0 amide bonds. The number of aromatic nitrogens is 3. The van der Waals surface area contributed by atoms with Crippen molar-refractivity contribution in [1.29, 1.82) is 0 Å². The molecule has 2 heterocycles. The molecule has 140 valence electrons. The van der Waals surface area contributed by atoms with E-state index >= 15 is 0 Å². The predicted octanol–water partition coefficient (Wildman–Crippen LogP) is 2.95. The van der Waals surface area contributed by atoms with Crippen LogP contribution in [0.15, 0.2) is 21.8 Å². The summed E-state index contributed by atoms with van der Waals surface area (Å²) in [6.45, 7) is 11.1. The summed E-state index contributed by atoms with van der Waals surface area (Å²) in [6.07, 6.45) is 6.03. The summed E-state index contributed by atoms with van der Waals surface area (Å²) >= 11 is 0. The van der Waals surface area contributed by atoms with Crippen LogP contribution in [0.2, 0.25) is 0 Å². The van der Waals surface area contributed by atoms with Crippen molar-refractivity contribution >= 4 is 29.9 Å². The normalized spacial score (nSPS) is 11.3. The summed E-state index contributed by atoms with van der Waals surface area (Å²) in [4.78, 5) is 13.1. The number of hydrogen-bond donors (Lipinski definition) is 2. The summed E-state index contributed by atoms with van der Waals surface area (Å²) in [6, 6.07) is 0. The first-order valence-electron chi connectivity index (χ1n) is 8.53. The van der Waals surface area contributed by atoms with Gasteiger partial charge in [0.2, 0.25) is 5.89 Å². The zero-order chi connectivity index (χ0) is 17.4. The lowest BCUT2D eigenvalue weighted by Gasteiger charge is -2.11. The minimum atomic E-state index is 0. The number of imidazole rings is 1. The van der Waals surface area contributed by atoms with Gasteiger partial charge in [-0.2, -0.15) is 0 Å². The molecule has 0 aromatic carbocycles. The van der Waals surface area contributed by atoms with Crippen LogP contribution in [0.4, 0.5) is 0 Å². The number of nitrogens with one attached hydrogen (secondary N) is 2. The van der Waals surface area contributed by atoms with Crippen LogP contribution in [0.25, 0.3) is 0 Å². The first kappa shape index (κ1) is 21.5. The molecule has 0 aliphatic carbocycles. The fourth-order valence-corrected chi connectivity index (χ4v) is 2.35. The Kier molecular flexibility index (Phi) is 9.54. The van der Waals surface area contributed by atoms with Crippen LogP contribution in [0.5, 0.6) is 0 Å². The molecule has 0 atom stereocenters. The van der Waals surface area contributed by atoms with E-state index in [1.54, 1.807) is 0 Å². The maximum atomic E-state index is 5.56. The average molecular weight is 460 g/mol. The smallest absolute Gasteiger partial charge is 0.216 e. The van der Waals surface area contributed by atoms with Gasteiger partial charge in [0.1, 0.15) is 18.1 Å². The van der Waals surface area contributed by atoms with Gasteiger partial charge >= 0.3 is 0 Å². The molecule has 0 saturated heterocycles. The second kappa shape index (κ2) is 11.1. The number of oxazole rings is 1. The van der Waals surface area contributed by atoms with Crippen molar-refractivity contribution in [3.63, 3.8) is 0 Å². The van der Waals surface area contributed by atoms with Gasteiger partial charge in [-0.1, -0.05) is 0 Å². The maximum Gasteiger partial charge on any atom is 0.216 e. The summed E-state index contributed by atoms with van der Waals surface area (Å²) in [5.41, 5.74) is 0.924. The van der Waals surface area contributed by atoms with E-state index in [-0.39, 0.29) is 24.0 Å². The van der Waals surface area contributed by atoms with Gasteiger partial charge in [0.15, 0.2) is 5.96 Å². The van der Waals surface area contributed by atoms with E-state index in [4.69, 9.17) is 4.42 Å². The molecule has 25 heavy (non-hydrogen) atoms. The summed E-state index contributed by atoms with van der Waals surface area (Å²) in [7, 11) is 0. The maximum absolute atomic E-state index is 5.56. The number of guanidine groups is 1. The largest absolute Gasteiger partial charge is 0.444 e. The number of aliphatic imine (C=N–C) groups is 1. The Hall–Kier alpha value is -1.58. The monoisotopic (exact) mass is 460 g/mol. The molecule has 0 spiro atoms. The first-order valence-corrected chi connectivity index (χ1v) is 8.53. The molecule has 0 radical (unpaired) electrons. The van der Waals surface area contributed by atoms with Crippen LogP contribution in [0, 0.1) is 20.8 Å². The van der Waals surface area contributed by atoms with Crippen LogP contribution in [0.1, 0.15) is 42.9 Å². The highest BCUT2D eigenvalue weighted by Crippen LogP contribution is 2.08. The Labute approximate surface area is 166 Å². The van der Waals surface area contributed by atoms with Gasteiger partial charge in [0, 0.05) is 32.0 Å². The lowest BCUT2D eigenvalue weighted by Crippen LogP contribution is -2.37. The Bertz CT molecular complexity index is 644. The molecule has 7 nitrogen and oxygen atoms in total. The van der Waals surface area contributed by atoms with Gasteiger partial charge in [-0.25, -0.2) is 15.0 Å². The number of rotatable bonds is 8. The highest BCUT2D eigenvalue weighted by atomic mass is 127. The highest BCUT2D eigenvalue weighted by Gasteiger charge is 2.05. The van der Waals surface area contributed by atoms with E-state index in [1.165, 1.54) is 0 Å².